The van der Waals surface area contributed by atoms with Crippen LogP contribution in [0.5, 0.6) is 0 Å². The Hall–Kier alpha value is -3.40. The van der Waals surface area contributed by atoms with Gasteiger partial charge in [-0.25, -0.2) is 9.55 Å². The summed E-state index contributed by atoms with van der Waals surface area (Å²) in [6.07, 6.45) is 0. The largest absolute Gasteiger partial charge is 0.324 e. The number of rotatable bonds is 4. The first-order valence-electron chi connectivity index (χ1n) is 10.3. The average molecular weight is 382 g/mol. The summed E-state index contributed by atoms with van der Waals surface area (Å²) in [5.74, 6) is 2.26. The molecule has 5 rings (SSSR count). The van der Waals surface area contributed by atoms with Gasteiger partial charge in [0.25, 0.3) is 5.82 Å². The third-order valence-electron chi connectivity index (χ3n) is 5.78. The summed E-state index contributed by atoms with van der Waals surface area (Å²) < 4.78 is 7.02. The van der Waals surface area contributed by atoms with E-state index in [9.17, 15) is 0 Å². The van der Waals surface area contributed by atoms with Crippen LogP contribution < -0.4 is 4.57 Å². The fraction of sp³-hybridized carbons (Fsp3) is 0.200. The van der Waals surface area contributed by atoms with Crippen molar-refractivity contribution in [1.82, 2.24) is 14.1 Å². The van der Waals surface area contributed by atoms with Crippen molar-refractivity contribution < 1.29 is 4.57 Å². The molecule has 2 heterocycles. The molecule has 0 saturated heterocycles. The molecule has 0 aliphatic carbocycles. The van der Waals surface area contributed by atoms with Gasteiger partial charge in [0.15, 0.2) is 11.0 Å². The summed E-state index contributed by atoms with van der Waals surface area (Å²) in [4.78, 5) is 4.96. The lowest BCUT2D eigenvalue weighted by molar-refractivity contribution is -0.674. The zero-order chi connectivity index (χ0) is 20.0. The molecule has 0 bridgehead atoms. The van der Waals surface area contributed by atoms with Crippen molar-refractivity contribution in [3.63, 3.8) is 0 Å². The van der Waals surface area contributed by atoms with Crippen LogP contribution in [0.15, 0.2) is 72.8 Å². The number of aromatic nitrogens is 4. The maximum atomic E-state index is 4.96. The molecule has 5 aromatic rings. The van der Waals surface area contributed by atoms with Crippen LogP contribution >= 0.6 is 0 Å². The first kappa shape index (κ1) is 17.7. The van der Waals surface area contributed by atoms with Gasteiger partial charge in [0.05, 0.1) is 17.6 Å². The number of nitrogens with zero attached hydrogens (tertiary/aromatic N) is 4. The van der Waals surface area contributed by atoms with E-state index in [4.69, 9.17) is 4.98 Å². The fourth-order valence-corrected chi connectivity index (χ4v) is 4.46. The fourth-order valence-electron chi connectivity index (χ4n) is 4.46. The Bertz CT molecular complexity index is 1330. The lowest BCUT2D eigenvalue weighted by Gasteiger charge is -2.06. The van der Waals surface area contributed by atoms with E-state index in [-0.39, 0.29) is 0 Å². The summed E-state index contributed by atoms with van der Waals surface area (Å²) in [5, 5.41) is 0. The maximum absolute atomic E-state index is 4.96. The summed E-state index contributed by atoms with van der Waals surface area (Å²) in [7, 11) is 0. The van der Waals surface area contributed by atoms with Gasteiger partial charge in [0.1, 0.15) is 11.5 Å². The first-order chi connectivity index (χ1) is 14.2. The molecular weight excluding hydrogens is 356 g/mol. The van der Waals surface area contributed by atoms with E-state index in [0.717, 1.165) is 30.0 Å². The highest BCUT2D eigenvalue weighted by molar-refractivity contribution is 5.84. The minimum Gasteiger partial charge on any atom is -0.324 e. The second kappa shape index (κ2) is 6.89. The van der Waals surface area contributed by atoms with Gasteiger partial charge in [0, 0.05) is 25.1 Å². The van der Waals surface area contributed by atoms with Crippen LogP contribution in [0.1, 0.15) is 19.7 Å². The third-order valence-corrected chi connectivity index (χ3v) is 5.78. The van der Waals surface area contributed by atoms with Crippen LogP contribution in [0.25, 0.3) is 39.1 Å². The Morgan fingerprint density at radius 2 is 1.62 bits per heavy atom. The van der Waals surface area contributed by atoms with Crippen LogP contribution in [-0.2, 0) is 13.1 Å². The number of hydrogen-bond acceptors (Lipinski definition) is 1. The van der Waals surface area contributed by atoms with E-state index >= 15 is 0 Å². The molecular formula is C25H25N4+. The molecule has 0 aliphatic heterocycles. The SMILES string of the molecule is CCn1c(-c2ccc3c(c2)n(-c2ccccc2)c(C)[n+]3CC)nc2ccccc21. The van der Waals surface area contributed by atoms with E-state index in [0.29, 0.717) is 0 Å². The van der Waals surface area contributed by atoms with E-state index in [1.165, 1.54) is 28.1 Å². The predicted octanol–water partition coefficient (Wildman–Crippen LogP) is 5.28. The van der Waals surface area contributed by atoms with Crippen molar-refractivity contribution in [2.75, 3.05) is 0 Å². The van der Waals surface area contributed by atoms with Gasteiger partial charge < -0.3 is 4.57 Å². The van der Waals surface area contributed by atoms with E-state index < -0.39 is 0 Å². The standard InChI is InChI=1S/C25H25N4/c1-4-27-18(3)29(20-11-7-6-8-12-20)24-17-19(15-16-23(24)27)25-26-21-13-9-10-14-22(21)28(25)5-2/h6-17H,4-5H2,1-3H3/q+1. The molecule has 0 spiro atoms. The van der Waals surface area contributed by atoms with Crippen molar-refractivity contribution >= 4 is 22.1 Å². The molecule has 144 valence electrons. The molecule has 4 nitrogen and oxygen atoms in total. The second-order valence-corrected chi connectivity index (χ2v) is 7.33. The van der Waals surface area contributed by atoms with Gasteiger partial charge in [-0.05, 0) is 50.2 Å². The summed E-state index contributed by atoms with van der Waals surface area (Å²) >= 11 is 0. The van der Waals surface area contributed by atoms with Crippen LogP contribution in [-0.4, -0.2) is 14.1 Å². The number of imidazole rings is 2. The summed E-state index contributed by atoms with van der Waals surface area (Å²) in [5.41, 5.74) is 7.02. The molecule has 0 aliphatic rings. The van der Waals surface area contributed by atoms with Crippen LogP contribution in [0.4, 0.5) is 0 Å². The lowest BCUT2D eigenvalue weighted by atomic mass is 10.1. The van der Waals surface area contributed by atoms with Crippen molar-refractivity contribution in [3.05, 3.63) is 78.6 Å². The smallest absolute Gasteiger partial charge is 0.259 e. The highest BCUT2D eigenvalue weighted by Crippen LogP contribution is 2.29. The average Bonchev–Trinajstić information content (AvgIpc) is 3.27. The molecule has 0 atom stereocenters. The monoisotopic (exact) mass is 381 g/mol. The van der Waals surface area contributed by atoms with Crippen molar-refractivity contribution in [2.24, 2.45) is 0 Å². The van der Waals surface area contributed by atoms with E-state index in [1.807, 2.05) is 0 Å². The number of hydrogen-bond donors (Lipinski definition) is 0. The topological polar surface area (TPSA) is 26.6 Å². The van der Waals surface area contributed by atoms with E-state index in [2.05, 4.69) is 107 Å². The van der Waals surface area contributed by atoms with Gasteiger partial charge >= 0.3 is 0 Å². The predicted molar refractivity (Wildman–Crippen MR) is 118 cm³/mol. The minimum atomic E-state index is 0.890. The third kappa shape index (κ3) is 2.67. The summed E-state index contributed by atoms with van der Waals surface area (Å²) in [6, 6.07) is 25.7. The highest BCUT2D eigenvalue weighted by Gasteiger charge is 2.23. The molecule has 0 unspecified atom stereocenters. The Balaban J connectivity index is 1.80. The summed E-state index contributed by atoms with van der Waals surface area (Å²) in [6.45, 7) is 8.40. The number of benzene rings is 3. The van der Waals surface area contributed by atoms with Gasteiger partial charge in [0.2, 0.25) is 0 Å². The number of aryl methyl sites for hydroxylation is 2. The first-order valence-corrected chi connectivity index (χ1v) is 10.3. The molecule has 0 amide bonds. The van der Waals surface area contributed by atoms with Crippen LogP contribution in [0.2, 0.25) is 0 Å². The highest BCUT2D eigenvalue weighted by atomic mass is 15.2. The minimum absolute atomic E-state index is 0.890. The van der Waals surface area contributed by atoms with Crippen molar-refractivity contribution in [1.29, 1.82) is 0 Å². The lowest BCUT2D eigenvalue weighted by Crippen LogP contribution is -2.34. The zero-order valence-electron chi connectivity index (χ0n) is 17.1. The van der Waals surface area contributed by atoms with Gasteiger partial charge in [-0.3, -0.25) is 0 Å². The molecule has 3 aromatic carbocycles. The molecule has 0 saturated carbocycles. The van der Waals surface area contributed by atoms with Crippen molar-refractivity contribution in [3.8, 4) is 17.1 Å². The molecule has 0 fully saturated rings. The normalized spacial score (nSPS) is 11.6. The van der Waals surface area contributed by atoms with Crippen LogP contribution in [0.3, 0.4) is 0 Å². The van der Waals surface area contributed by atoms with Gasteiger partial charge in [-0.1, -0.05) is 30.3 Å². The van der Waals surface area contributed by atoms with Gasteiger partial charge in [-0.2, -0.15) is 4.57 Å². The Labute approximate surface area is 170 Å². The van der Waals surface area contributed by atoms with Crippen LogP contribution in [0, 0.1) is 6.92 Å². The van der Waals surface area contributed by atoms with E-state index in [1.54, 1.807) is 0 Å². The maximum Gasteiger partial charge on any atom is 0.259 e. The van der Waals surface area contributed by atoms with Crippen molar-refractivity contribution in [2.45, 2.75) is 33.9 Å². The Morgan fingerprint density at radius 1 is 0.862 bits per heavy atom. The van der Waals surface area contributed by atoms with Gasteiger partial charge in [-0.15, -0.1) is 0 Å². The molecule has 0 N–H and O–H groups in total. The quantitative estimate of drug-likeness (QED) is 0.389. The number of para-hydroxylation sites is 3. The Morgan fingerprint density at radius 3 is 2.38 bits per heavy atom. The molecule has 0 radical (unpaired) electrons. The number of fused-ring (bicyclic) bond motifs is 2. The molecule has 4 heteroatoms. The Kier molecular flexibility index (Phi) is 4.20. The molecule has 29 heavy (non-hydrogen) atoms. The zero-order valence-corrected chi connectivity index (χ0v) is 17.1. The molecule has 2 aromatic heterocycles. The second-order valence-electron chi connectivity index (χ2n) is 7.33.